The third-order valence-corrected chi connectivity index (χ3v) is 7.61. The molecule has 0 bridgehead atoms. The Balaban J connectivity index is 1.82. The summed E-state index contributed by atoms with van der Waals surface area (Å²) in [6.45, 7) is 6.57. The molecule has 0 aromatic rings. The molecule has 4 rings (SSSR count). The van der Waals surface area contributed by atoms with E-state index in [-0.39, 0.29) is 23.4 Å². The van der Waals surface area contributed by atoms with Crippen LogP contribution in [0.4, 0.5) is 0 Å². The lowest BCUT2D eigenvalue weighted by Crippen LogP contribution is -2.56. The first-order valence-electron chi connectivity index (χ1n) is 9.14. The number of nitrogens with zero attached hydrogens (tertiary/aromatic N) is 3. The molecule has 0 aromatic heterocycles. The fourth-order valence-electron chi connectivity index (χ4n) is 5.31. The van der Waals surface area contributed by atoms with E-state index in [2.05, 4.69) is 29.4 Å². The quantitative estimate of drug-likeness (QED) is 0.758. The van der Waals surface area contributed by atoms with Crippen LogP contribution in [0.1, 0.15) is 46.5 Å². The zero-order valence-electron chi connectivity index (χ0n) is 15.7. The number of carbonyl (C=O) groups excluding carboxylic acids is 1. The molecule has 1 aliphatic carbocycles. The number of hydrogen-bond donors (Lipinski definition) is 1. The number of rotatable bonds is 1. The minimum atomic E-state index is -3.26. The maximum absolute atomic E-state index is 13.2. The second kappa shape index (κ2) is 5.48. The van der Waals surface area contributed by atoms with Gasteiger partial charge in [-0.3, -0.25) is 4.79 Å². The smallest absolute Gasteiger partial charge is 0.211 e. The molecule has 1 spiro atoms. The predicted octanol–water partition coefficient (Wildman–Crippen LogP) is 2.34. The molecule has 142 valence electrons. The van der Waals surface area contributed by atoms with Gasteiger partial charge in [0.25, 0.3) is 0 Å². The van der Waals surface area contributed by atoms with Gasteiger partial charge in [-0.15, -0.1) is 0 Å². The Morgan fingerprint density at radius 2 is 2.04 bits per heavy atom. The SMILES string of the molecule is C[C@@H]1C[C@]2(CCN1S(C)(=O)=O)C1=CN=NC1NC1=C2C(=O)CC(C)(C)C1. The number of azo groups is 1. The summed E-state index contributed by atoms with van der Waals surface area (Å²) in [6, 6.07) is -0.171. The molecule has 0 amide bonds. The Morgan fingerprint density at radius 1 is 1.31 bits per heavy atom. The van der Waals surface area contributed by atoms with Crippen molar-refractivity contribution in [3.8, 4) is 0 Å². The van der Waals surface area contributed by atoms with Crippen molar-refractivity contribution in [1.29, 1.82) is 0 Å². The van der Waals surface area contributed by atoms with E-state index in [0.717, 1.165) is 23.3 Å². The molecule has 0 aromatic carbocycles. The van der Waals surface area contributed by atoms with Crippen LogP contribution in [-0.2, 0) is 14.8 Å². The second-order valence-electron chi connectivity index (χ2n) is 8.92. The van der Waals surface area contributed by atoms with Crippen molar-refractivity contribution in [3.05, 3.63) is 23.0 Å². The summed E-state index contributed by atoms with van der Waals surface area (Å²) >= 11 is 0. The van der Waals surface area contributed by atoms with E-state index in [1.807, 2.05) is 6.92 Å². The number of nitrogens with one attached hydrogen (secondary N) is 1. The topological polar surface area (TPSA) is 91.2 Å². The summed E-state index contributed by atoms with van der Waals surface area (Å²) in [4.78, 5) is 13.2. The third-order valence-electron chi connectivity index (χ3n) is 6.21. The highest BCUT2D eigenvalue weighted by Crippen LogP contribution is 2.56. The molecule has 0 saturated carbocycles. The van der Waals surface area contributed by atoms with Gasteiger partial charge in [0, 0.05) is 41.3 Å². The Labute approximate surface area is 154 Å². The summed E-state index contributed by atoms with van der Waals surface area (Å²) < 4.78 is 25.8. The van der Waals surface area contributed by atoms with E-state index in [0.29, 0.717) is 25.8 Å². The van der Waals surface area contributed by atoms with Gasteiger partial charge in [-0.2, -0.15) is 14.5 Å². The maximum Gasteiger partial charge on any atom is 0.211 e. The first-order chi connectivity index (χ1) is 12.0. The zero-order chi connectivity index (χ0) is 18.9. The zero-order valence-corrected chi connectivity index (χ0v) is 16.6. The summed E-state index contributed by atoms with van der Waals surface area (Å²) in [5, 5.41) is 11.9. The van der Waals surface area contributed by atoms with Gasteiger partial charge in [-0.1, -0.05) is 13.8 Å². The van der Waals surface area contributed by atoms with Crippen LogP contribution in [0.2, 0.25) is 0 Å². The fraction of sp³-hybridized carbons (Fsp3) is 0.722. The van der Waals surface area contributed by atoms with E-state index >= 15 is 0 Å². The van der Waals surface area contributed by atoms with Crippen LogP contribution in [0.5, 0.6) is 0 Å². The van der Waals surface area contributed by atoms with Gasteiger partial charge in [0.15, 0.2) is 11.9 Å². The van der Waals surface area contributed by atoms with Gasteiger partial charge in [0.1, 0.15) is 0 Å². The average Bonchev–Trinajstić information content (AvgIpc) is 2.92. The van der Waals surface area contributed by atoms with E-state index in [9.17, 15) is 13.2 Å². The number of hydrogen-bond acceptors (Lipinski definition) is 6. The summed E-state index contributed by atoms with van der Waals surface area (Å²) in [6.07, 6.45) is 5.32. The largest absolute Gasteiger partial charge is 0.362 e. The molecule has 8 heteroatoms. The van der Waals surface area contributed by atoms with Gasteiger partial charge in [0.05, 0.1) is 12.5 Å². The predicted molar refractivity (Wildman–Crippen MR) is 97.6 cm³/mol. The van der Waals surface area contributed by atoms with Crippen LogP contribution in [0.15, 0.2) is 33.3 Å². The average molecular weight is 378 g/mol. The molecule has 1 fully saturated rings. The normalized spacial score (nSPS) is 36.6. The van der Waals surface area contributed by atoms with Crippen molar-refractivity contribution in [2.45, 2.75) is 58.7 Å². The minimum Gasteiger partial charge on any atom is -0.362 e. The van der Waals surface area contributed by atoms with Crippen molar-refractivity contribution in [2.24, 2.45) is 21.1 Å². The molecule has 3 atom stereocenters. The number of ketones is 1. The molecule has 3 aliphatic heterocycles. The monoisotopic (exact) mass is 378 g/mol. The van der Waals surface area contributed by atoms with E-state index in [4.69, 9.17) is 0 Å². The molecule has 1 saturated heterocycles. The van der Waals surface area contributed by atoms with E-state index in [1.165, 1.54) is 6.26 Å². The Kier molecular flexibility index (Phi) is 3.76. The molecular weight excluding hydrogens is 352 g/mol. The van der Waals surface area contributed by atoms with Crippen molar-refractivity contribution >= 4 is 15.8 Å². The molecule has 7 nitrogen and oxygen atoms in total. The van der Waals surface area contributed by atoms with Crippen LogP contribution in [-0.4, -0.2) is 43.5 Å². The molecular formula is C18H26N4O3S. The van der Waals surface area contributed by atoms with Crippen LogP contribution in [0, 0.1) is 10.8 Å². The number of piperidine rings is 1. The van der Waals surface area contributed by atoms with Gasteiger partial charge >= 0.3 is 0 Å². The van der Waals surface area contributed by atoms with Crippen molar-refractivity contribution < 1.29 is 13.2 Å². The van der Waals surface area contributed by atoms with Crippen molar-refractivity contribution in [3.63, 3.8) is 0 Å². The molecule has 26 heavy (non-hydrogen) atoms. The van der Waals surface area contributed by atoms with Gasteiger partial charge < -0.3 is 5.32 Å². The number of sulfonamides is 1. The Bertz CT molecular complexity index is 871. The van der Waals surface area contributed by atoms with Crippen LogP contribution in [0.25, 0.3) is 0 Å². The van der Waals surface area contributed by atoms with E-state index in [1.54, 1.807) is 10.5 Å². The third kappa shape index (κ3) is 2.57. The number of Topliss-reactive ketones (excluding diaryl/α,β-unsaturated/α-hetero) is 1. The lowest BCUT2D eigenvalue weighted by molar-refractivity contribution is -0.119. The standard InChI is InChI=1S/C18H26N4O3S/c1-11-7-18(5-6-22(11)26(4,24)25)12-10-19-21-16(12)20-13-8-17(2,3)9-14(23)15(13)18/h10-11,16,20H,5-9H2,1-4H3/t11-,16?,18-/m1/s1. The molecule has 4 aliphatic rings. The summed E-state index contributed by atoms with van der Waals surface area (Å²) in [5.41, 5.74) is 2.31. The van der Waals surface area contributed by atoms with Gasteiger partial charge in [-0.25, -0.2) is 8.42 Å². The second-order valence-corrected chi connectivity index (χ2v) is 10.9. The molecule has 3 heterocycles. The highest BCUT2D eigenvalue weighted by atomic mass is 32.2. The van der Waals surface area contributed by atoms with Gasteiger partial charge in [0.2, 0.25) is 10.0 Å². The number of allylic oxidation sites excluding steroid dienone is 2. The van der Waals surface area contributed by atoms with Crippen LogP contribution < -0.4 is 5.32 Å². The summed E-state index contributed by atoms with van der Waals surface area (Å²) in [7, 11) is -3.26. The van der Waals surface area contributed by atoms with Crippen LogP contribution in [0.3, 0.4) is 0 Å². The molecule has 1 N–H and O–H groups in total. The first-order valence-corrected chi connectivity index (χ1v) is 11.0. The number of carbonyl (C=O) groups is 1. The first kappa shape index (κ1) is 17.9. The Morgan fingerprint density at radius 3 is 2.69 bits per heavy atom. The lowest BCUT2D eigenvalue weighted by Gasteiger charge is -2.52. The molecule has 1 unspecified atom stereocenters. The number of fused-ring (bicyclic) bond motifs is 3. The highest BCUT2D eigenvalue weighted by molar-refractivity contribution is 7.88. The van der Waals surface area contributed by atoms with E-state index < -0.39 is 15.4 Å². The molecule has 0 radical (unpaired) electrons. The van der Waals surface area contributed by atoms with Gasteiger partial charge in [-0.05, 0) is 31.6 Å². The summed E-state index contributed by atoms with van der Waals surface area (Å²) in [5.74, 6) is 0.176. The highest BCUT2D eigenvalue weighted by Gasteiger charge is 2.55. The lowest BCUT2D eigenvalue weighted by atomic mass is 9.58. The van der Waals surface area contributed by atoms with Crippen LogP contribution >= 0.6 is 0 Å². The van der Waals surface area contributed by atoms with Crippen molar-refractivity contribution in [1.82, 2.24) is 9.62 Å². The van der Waals surface area contributed by atoms with Crippen molar-refractivity contribution in [2.75, 3.05) is 12.8 Å². The minimum absolute atomic E-state index is 0.0832. The maximum atomic E-state index is 13.2. The fourth-order valence-corrected chi connectivity index (χ4v) is 6.46. The Hall–Kier alpha value is -1.54.